The van der Waals surface area contributed by atoms with Crippen LogP contribution in [0.1, 0.15) is 31.3 Å². The molecule has 1 aromatic carbocycles. The fraction of sp³-hybridized carbons (Fsp3) is 0.294. The molecular weight excluding hydrogens is 268 g/mol. The minimum atomic E-state index is -0.824. The van der Waals surface area contributed by atoms with Crippen LogP contribution in [0.4, 0.5) is 0 Å². The number of ether oxygens (including phenoxy) is 2. The van der Waals surface area contributed by atoms with Crippen molar-refractivity contribution < 1.29 is 19.0 Å². The average Bonchev–Trinajstić information content (AvgIpc) is 2.98. The van der Waals surface area contributed by atoms with Crippen LogP contribution < -0.4 is 9.47 Å². The molecular formula is C17H18O4. The van der Waals surface area contributed by atoms with E-state index < -0.39 is 11.7 Å². The van der Waals surface area contributed by atoms with Gasteiger partial charge in [-0.2, -0.15) is 0 Å². The van der Waals surface area contributed by atoms with Crippen molar-refractivity contribution in [3.8, 4) is 11.5 Å². The lowest BCUT2D eigenvalue weighted by atomic mass is 9.90. The summed E-state index contributed by atoms with van der Waals surface area (Å²) in [5.41, 5.74) is 1.11. The van der Waals surface area contributed by atoms with E-state index in [4.69, 9.17) is 13.9 Å². The fourth-order valence-corrected chi connectivity index (χ4v) is 2.54. The highest BCUT2D eigenvalue weighted by atomic mass is 16.5. The molecule has 1 unspecified atom stereocenters. The maximum absolute atomic E-state index is 10.6. The van der Waals surface area contributed by atoms with E-state index in [1.165, 1.54) is 0 Å². The van der Waals surface area contributed by atoms with Crippen molar-refractivity contribution in [2.75, 3.05) is 7.11 Å². The van der Waals surface area contributed by atoms with E-state index in [1.54, 1.807) is 25.5 Å². The molecule has 0 bridgehead atoms. The Morgan fingerprint density at radius 1 is 1.24 bits per heavy atom. The quantitative estimate of drug-likeness (QED) is 0.937. The van der Waals surface area contributed by atoms with Crippen molar-refractivity contribution in [3.05, 3.63) is 54.0 Å². The Hall–Kier alpha value is -2.20. The van der Waals surface area contributed by atoms with Crippen LogP contribution >= 0.6 is 0 Å². The van der Waals surface area contributed by atoms with Crippen LogP contribution in [0.3, 0.4) is 0 Å². The van der Waals surface area contributed by atoms with Crippen molar-refractivity contribution in [2.24, 2.45) is 0 Å². The second-order valence-corrected chi connectivity index (χ2v) is 5.59. The van der Waals surface area contributed by atoms with Crippen LogP contribution in [0.25, 0.3) is 5.57 Å². The first-order chi connectivity index (χ1) is 10.00. The smallest absolute Gasteiger partial charge is 0.137 e. The summed E-state index contributed by atoms with van der Waals surface area (Å²) in [4.78, 5) is 0. The Bertz CT molecular complexity index is 668. The highest BCUT2D eigenvalue weighted by molar-refractivity contribution is 5.77. The number of benzene rings is 1. The van der Waals surface area contributed by atoms with Crippen LogP contribution in [0, 0.1) is 0 Å². The maximum Gasteiger partial charge on any atom is 0.137 e. The monoisotopic (exact) mass is 286 g/mol. The highest BCUT2D eigenvalue weighted by Gasteiger charge is 2.31. The molecule has 1 N–H and O–H groups in total. The third-order valence-corrected chi connectivity index (χ3v) is 3.48. The van der Waals surface area contributed by atoms with Gasteiger partial charge in [-0.3, -0.25) is 0 Å². The Labute approximate surface area is 123 Å². The third kappa shape index (κ3) is 2.54. The van der Waals surface area contributed by atoms with Gasteiger partial charge in [0.1, 0.15) is 29.0 Å². The van der Waals surface area contributed by atoms with Gasteiger partial charge in [-0.1, -0.05) is 0 Å². The standard InChI is InChI=1S/C17H18O4/c1-17(2)10-13(16(18)14-5-4-8-20-14)12-7-6-11(19-3)9-15(12)21-17/h4-10,16,18H,1-3H3. The molecule has 0 spiro atoms. The largest absolute Gasteiger partial charge is 0.497 e. The number of furan rings is 1. The predicted octanol–water partition coefficient (Wildman–Crippen LogP) is 3.58. The van der Waals surface area contributed by atoms with Gasteiger partial charge in [0.2, 0.25) is 0 Å². The van der Waals surface area contributed by atoms with Crippen LogP contribution in [-0.4, -0.2) is 17.8 Å². The van der Waals surface area contributed by atoms with E-state index in [9.17, 15) is 5.11 Å². The second kappa shape index (κ2) is 4.97. The first-order valence-electron chi connectivity index (χ1n) is 6.82. The zero-order valence-electron chi connectivity index (χ0n) is 12.3. The number of aliphatic hydroxyl groups is 1. The second-order valence-electron chi connectivity index (χ2n) is 5.59. The molecule has 0 amide bonds. The summed E-state index contributed by atoms with van der Waals surface area (Å²) in [5.74, 6) is 1.93. The number of methoxy groups -OCH3 is 1. The lowest BCUT2D eigenvalue weighted by Crippen LogP contribution is -2.30. The van der Waals surface area contributed by atoms with E-state index in [-0.39, 0.29) is 0 Å². The Morgan fingerprint density at radius 3 is 2.71 bits per heavy atom. The SMILES string of the molecule is COc1ccc2c(c1)OC(C)(C)C=C2C(O)c1ccco1. The van der Waals surface area contributed by atoms with E-state index in [2.05, 4.69) is 0 Å². The topological polar surface area (TPSA) is 51.8 Å². The van der Waals surface area contributed by atoms with Crippen molar-refractivity contribution in [2.45, 2.75) is 25.6 Å². The summed E-state index contributed by atoms with van der Waals surface area (Å²) in [6.07, 6.45) is 2.66. The van der Waals surface area contributed by atoms with E-state index in [0.717, 1.165) is 16.9 Å². The molecule has 3 rings (SSSR count). The summed E-state index contributed by atoms with van der Waals surface area (Å²) >= 11 is 0. The molecule has 2 aromatic rings. The molecule has 0 radical (unpaired) electrons. The van der Waals surface area contributed by atoms with Crippen molar-refractivity contribution >= 4 is 5.57 Å². The molecule has 0 fully saturated rings. The van der Waals surface area contributed by atoms with Gasteiger partial charge >= 0.3 is 0 Å². The van der Waals surface area contributed by atoms with Crippen LogP contribution in [0.2, 0.25) is 0 Å². The Kier molecular flexibility index (Phi) is 3.26. The average molecular weight is 286 g/mol. The van der Waals surface area contributed by atoms with Gasteiger partial charge in [-0.25, -0.2) is 0 Å². The summed E-state index contributed by atoms with van der Waals surface area (Å²) < 4.78 is 16.5. The van der Waals surface area contributed by atoms with Crippen molar-refractivity contribution in [1.29, 1.82) is 0 Å². The first-order valence-corrected chi connectivity index (χ1v) is 6.82. The lowest BCUT2D eigenvalue weighted by Gasteiger charge is -2.32. The minimum absolute atomic E-state index is 0.512. The molecule has 4 nitrogen and oxygen atoms in total. The van der Waals surface area contributed by atoms with Crippen LogP contribution in [0.15, 0.2) is 47.1 Å². The molecule has 1 aromatic heterocycles. The molecule has 0 saturated carbocycles. The molecule has 0 saturated heterocycles. The number of fused-ring (bicyclic) bond motifs is 1. The number of hydrogen-bond acceptors (Lipinski definition) is 4. The highest BCUT2D eigenvalue weighted by Crippen LogP contribution is 2.43. The van der Waals surface area contributed by atoms with Crippen LogP contribution in [0.5, 0.6) is 11.5 Å². The van der Waals surface area contributed by atoms with Gasteiger partial charge < -0.3 is 19.0 Å². The maximum atomic E-state index is 10.6. The number of hydrogen-bond donors (Lipinski definition) is 1. The molecule has 21 heavy (non-hydrogen) atoms. The molecule has 1 aliphatic rings. The van der Waals surface area contributed by atoms with E-state index in [0.29, 0.717) is 11.5 Å². The van der Waals surface area contributed by atoms with Gasteiger partial charge in [0.25, 0.3) is 0 Å². The molecule has 2 heterocycles. The lowest BCUT2D eigenvalue weighted by molar-refractivity contribution is 0.149. The van der Waals surface area contributed by atoms with Gasteiger partial charge in [-0.15, -0.1) is 0 Å². The molecule has 1 atom stereocenters. The van der Waals surface area contributed by atoms with Gasteiger partial charge in [0.15, 0.2) is 0 Å². The van der Waals surface area contributed by atoms with Crippen LogP contribution in [-0.2, 0) is 0 Å². The Morgan fingerprint density at radius 2 is 2.05 bits per heavy atom. The first kappa shape index (κ1) is 13.8. The zero-order chi connectivity index (χ0) is 15.0. The van der Waals surface area contributed by atoms with Gasteiger partial charge in [-0.05, 0) is 49.8 Å². The van der Waals surface area contributed by atoms with E-state index >= 15 is 0 Å². The molecule has 4 heteroatoms. The Balaban J connectivity index is 2.09. The number of aliphatic hydroxyl groups excluding tert-OH is 1. The molecule has 1 aliphatic heterocycles. The summed E-state index contributed by atoms with van der Waals surface area (Å²) in [6.45, 7) is 3.90. The minimum Gasteiger partial charge on any atom is -0.497 e. The third-order valence-electron chi connectivity index (χ3n) is 3.48. The van der Waals surface area contributed by atoms with Crippen molar-refractivity contribution in [3.63, 3.8) is 0 Å². The summed E-state index contributed by atoms with van der Waals surface area (Å²) in [5, 5.41) is 10.6. The fourth-order valence-electron chi connectivity index (χ4n) is 2.54. The van der Waals surface area contributed by atoms with Gasteiger partial charge in [0, 0.05) is 11.6 Å². The zero-order valence-corrected chi connectivity index (χ0v) is 12.3. The summed E-state index contributed by atoms with van der Waals surface area (Å²) in [6, 6.07) is 9.10. The summed E-state index contributed by atoms with van der Waals surface area (Å²) in [7, 11) is 1.62. The number of rotatable bonds is 3. The normalized spacial score (nSPS) is 17.4. The molecule has 110 valence electrons. The van der Waals surface area contributed by atoms with E-state index in [1.807, 2.05) is 38.1 Å². The van der Waals surface area contributed by atoms with Crippen molar-refractivity contribution in [1.82, 2.24) is 0 Å². The van der Waals surface area contributed by atoms with Gasteiger partial charge in [0.05, 0.1) is 13.4 Å². The molecule has 0 aliphatic carbocycles. The predicted molar refractivity (Wildman–Crippen MR) is 79.3 cm³/mol.